The third-order valence-corrected chi connectivity index (χ3v) is 15.3. The SMILES string of the molecule is c1ccc(-c2cc(-c3ccccc3)cc(-c3cccc(-c4nc(-c5cccc(-c6cc(-c7ccccc7)cc(-c7ccccc7)c6)c5)nc(-c5cccc(-c6cc(-c7ccccc7)cc7cc(-c8ccccc8)ccc67)n5)n4)c3)c2)cc1. The second-order valence-corrected chi connectivity index (χ2v) is 20.6. The van der Waals surface area contributed by atoms with Gasteiger partial charge in [-0.2, -0.15) is 0 Å². The van der Waals surface area contributed by atoms with Crippen LogP contribution >= 0.6 is 0 Å². The Morgan fingerprint density at radius 2 is 0.439 bits per heavy atom. The van der Waals surface area contributed by atoms with Gasteiger partial charge in [0.05, 0.1) is 5.69 Å². The van der Waals surface area contributed by atoms with Crippen LogP contribution in [-0.2, 0) is 0 Å². The van der Waals surface area contributed by atoms with Crippen LogP contribution < -0.4 is 0 Å². The van der Waals surface area contributed by atoms with Gasteiger partial charge in [-0.1, -0.05) is 237 Å². The lowest BCUT2D eigenvalue weighted by Gasteiger charge is -2.14. The van der Waals surface area contributed by atoms with Crippen LogP contribution in [0.4, 0.5) is 0 Å². The molecule has 0 radical (unpaired) electrons. The van der Waals surface area contributed by atoms with Gasteiger partial charge in [-0.3, -0.25) is 0 Å². The van der Waals surface area contributed by atoms with Crippen LogP contribution in [-0.4, -0.2) is 19.9 Å². The van der Waals surface area contributed by atoms with E-state index in [2.05, 4.69) is 309 Å². The molecule has 2 aromatic heterocycles. The molecule has 2 heterocycles. The third-order valence-electron chi connectivity index (χ3n) is 15.3. The lowest BCUT2D eigenvalue weighted by molar-refractivity contribution is 1.06. The van der Waals surface area contributed by atoms with Crippen LogP contribution in [0, 0.1) is 0 Å². The first kappa shape index (κ1) is 49.4. The van der Waals surface area contributed by atoms with Gasteiger partial charge in [-0.25, -0.2) is 19.9 Å². The highest BCUT2D eigenvalue weighted by atomic mass is 15.0. The van der Waals surface area contributed by atoms with E-state index in [1.165, 1.54) is 5.56 Å². The zero-order valence-electron chi connectivity index (χ0n) is 44.8. The van der Waals surface area contributed by atoms with Gasteiger partial charge in [0, 0.05) is 16.7 Å². The standard InChI is InChI=1S/C78H52N4/c1-7-22-53(23-8-1)61-40-41-72-71(44-61)51-70(58-32-17-6-18-33-58)52-73(72)74-38-21-39-75(79-74)78-81-76(62-36-19-34-59(42-62)68-47-64(54-24-9-2-10-25-54)45-65(48-68)55-26-11-3-12-27-55)80-77(82-78)63-37-20-35-60(43-63)69-49-66(56-28-13-4-14-29-56)46-67(50-69)57-30-15-5-16-31-57/h1-52H. The van der Waals surface area contributed by atoms with Gasteiger partial charge in [0.25, 0.3) is 0 Å². The lowest BCUT2D eigenvalue weighted by atomic mass is 9.92. The average Bonchev–Trinajstić information content (AvgIpc) is 3.69. The van der Waals surface area contributed by atoms with Gasteiger partial charge in [-0.15, -0.1) is 0 Å². The monoisotopic (exact) mass is 1040 g/mol. The van der Waals surface area contributed by atoms with E-state index in [0.717, 1.165) is 117 Å². The van der Waals surface area contributed by atoms with Gasteiger partial charge in [0.15, 0.2) is 17.5 Å². The molecule has 4 heteroatoms. The summed E-state index contributed by atoms with van der Waals surface area (Å²) in [4.78, 5) is 21.6. The fourth-order valence-corrected chi connectivity index (χ4v) is 11.1. The van der Waals surface area contributed by atoms with Crippen molar-refractivity contribution in [2.45, 2.75) is 0 Å². The number of nitrogens with zero attached hydrogens (tertiary/aromatic N) is 4. The van der Waals surface area contributed by atoms with Crippen molar-refractivity contribution in [3.63, 3.8) is 0 Å². The Kier molecular flexibility index (Phi) is 13.3. The van der Waals surface area contributed by atoms with E-state index in [0.29, 0.717) is 23.2 Å². The summed E-state index contributed by atoms with van der Waals surface area (Å²) in [7, 11) is 0. The molecule has 0 aliphatic heterocycles. The highest BCUT2D eigenvalue weighted by molar-refractivity contribution is 6.01. The molecule has 14 rings (SSSR count). The van der Waals surface area contributed by atoms with Gasteiger partial charge >= 0.3 is 0 Å². The number of aromatic nitrogens is 4. The predicted octanol–water partition coefficient (Wildman–Crippen LogP) is 20.4. The van der Waals surface area contributed by atoms with Crippen molar-refractivity contribution in [2.75, 3.05) is 0 Å². The van der Waals surface area contributed by atoms with E-state index in [9.17, 15) is 0 Å². The van der Waals surface area contributed by atoms with E-state index in [-0.39, 0.29) is 0 Å². The molecule has 4 nitrogen and oxygen atoms in total. The predicted molar refractivity (Wildman–Crippen MR) is 340 cm³/mol. The number of rotatable bonds is 12. The summed E-state index contributed by atoms with van der Waals surface area (Å²) in [6, 6.07) is 112. The van der Waals surface area contributed by atoms with E-state index >= 15 is 0 Å². The first-order valence-corrected chi connectivity index (χ1v) is 27.7. The van der Waals surface area contributed by atoms with Gasteiger partial charge in [-0.05, 0) is 179 Å². The molecule has 384 valence electrons. The van der Waals surface area contributed by atoms with Gasteiger partial charge < -0.3 is 0 Å². The molecular formula is C78H52N4. The van der Waals surface area contributed by atoms with Crippen molar-refractivity contribution < 1.29 is 0 Å². The summed E-state index contributed by atoms with van der Waals surface area (Å²) in [5.74, 6) is 1.57. The Morgan fingerprint density at radius 3 is 0.854 bits per heavy atom. The fraction of sp³-hybridized carbons (Fsp3) is 0. The summed E-state index contributed by atoms with van der Waals surface area (Å²) in [5, 5.41) is 2.23. The molecule has 0 amide bonds. The van der Waals surface area contributed by atoms with Crippen LogP contribution in [0.2, 0.25) is 0 Å². The second kappa shape index (κ2) is 22.1. The Balaban J connectivity index is 0.929. The second-order valence-electron chi connectivity index (χ2n) is 20.6. The van der Waals surface area contributed by atoms with Crippen LogP contribution in [0.25, 0.3) is 145 Å². The highest BCUT2D eigenvalue weighted by Gasteiger charge is 2.19. The molecule has 0 aliphatic carbocycles. The molecule has 0 saturated carbocycles. The number of hydrogen-bond donors (Lipinski definition) is 0. The molecule has 0 fully saturated rings. The molecular weight excluding hydrogens is 993 g/mol. The quantitative estimate of drug-likeness (QED) is 0.122. The molecule has 0 unspecified atom stereocenters. The van der Waals surface area contributed by atoms with Crippen LogP contribution in [0.5, 0.6) is 0 Å². The number of fused-ring (bicyclic) bond motifs is 1. The molecule has 0 aliphatic rings. The minimum Gasteiger partial charge on any atom is -0.244 e. The normalized spacial score (nSPS) is 11.2. The Hall–Kier alpha value is -10.9. The molecule has 0 atom stereocenters. The summed E-state index contributed by atoms with van der Waals surface area (Å²) in [6.45, 7) is 0. The highest BCUT2D eigenvalue weighted by Crippen LogP contribution is 2.40. The molecule has 12 aromatic carbocycles. The topological polar surface area (TPSA) is 51.6 Å². The Morgan fingerprint density at radius 1 is 0.159 bits per heavy atom. The number of pyridine rings is 1. The Bertz CT molecular complexity index is 4280. The van der Waals surface area contributed by atoms with Crippen molar-refractivity contribution in [2.24, 2.45) is 0 Å². The lowest BCUT2D eigenvalue weighted by Crippen LogP contribution is -2.02. The van der Waals surface area contributed by atoms with Gasteiger partial charge in [0.1, 0.15) is 5.69 Å². The van der Waals surface area contributed by atoms with Crippen molar-refractivity contribution >= 4 is 10.8 Å². The maximum atomic E-state index is 5.48. The zero-order chi connectivity index (χ0) is 54.6. The van der Waals surface area contributed by atoms with Crippen LogP contribution in [0.3, 0.4) is 0 Å². The van der Waals surface area contributed by atoms with Gasteiger partial charge in [0.2, 0.25) is 0 Å². The molecule has 0 saturated heterocycles. The van der Waals surface area contributed by atoms with Crippen molar-refractivity contribution in [1.82, 2.24) is 19.9 Å². The molecule has 0 spiro atoms. The summed E-state index contributed by atoms with van der Waals surface area (Å²) in [6.07, 6.45) is 0. The molecule has 0 N–H and O–H groups in total. The van der Waals surface area contributed by atoms with E-state index in [1.54, 1.807) is 0 Å². The fourth-order valence-electron chi connectivity index (χ4n) is 11.1. The van der Waals surface area contributed by atoms with E-state index in [1.807, 2.05) is 6.07 Å². The summed E-state index contributed by atoms with van der Waals surface area (Å²) >= 11 is 0. The minimum absolute atomic E-state index is 0.474. The number of hydrogen-bond acceptors (Lipinski definition) is 4. The van der Waals surface area contributed by atoms with Crippen molar-refractivity contribution in [1.29, 1.82) is 0 Å². The summed E-state index contributed by atoms with van der Waals surface area (Å²) < 4.78 is 0. The first-order chi connectivity index (χ1) is 40.6. The largest absolute Gasteiger partial charge is 0.244 e. The Labute approximate surface area is 478 Å². The molecule has 0 bridgehead atoms. The smallest absolute Gasteiger partial charge is 0.182 e. The zero-order valence-corrected chi connectivity index (χ0v) is 44.8. The number of benzene rings is 12. The van der Waals surface area contributed by atoms with E-state index in [4.69, 9.17) is 19.9 Å². The minimum atomic E-state index is 0.474. The maximum Gasteiger partial charge on any atom is 0.182 e. The average molecular weight is 1050 g/mol. The maximum absolute atomic E-state index is 5.48. The third kappa shape index (κ3) is 10.3. The first-order valence-electron chi connectivity index (χ1n) is 27.7. The van der Waals surface area contributed by atoms with E-state index < -0.39 is 0 Å². The summed E-state index contributed by atoms with van der Waals surface area (Å²) in [5.41, 5.74) is 22.2. The van der Waals surface area contributed by atoms with Crippen LogP contribution in [0.15, 0.2) is 315 Å². The molecule has 82 heavy (non-hydrogen) atoms. The van der Waals surface area contributed by atoms with Crippen molar-refractivity contribution in [3.05, 3.63) is 315 Å². The molecule has 14 aromatic rings. The van der Waals surface area contributed by atoms with Crippen molar-refractivity contribution in [3.8, 4) is 135 Å². The van der Waals surface area contributed by atoms with Crippen LogP contribution in [0.1, 0.15) is 0 Å².